The fourth-order valence-electron chi connectivity index (χ4n) is 5.32. The van der Waals surface area contributed by atoms with Gasteiger partial charge in [0.25, 0.3) is 0 Å². The van der Waals surface area contributed by atoms with E-state index >= 15 is 0 Å². The molecule has 2 N–H and O–H groups in total. The van der Waals surface area contributed by atoms with E-state index in [2.05, 4.69) is 19.2 Å². The van der Waals surface area contributed by atoms with E-state index in [9.17, 15) is 14.7 Å². The fraction of sp³-hybridized carbons (Fsp3) is 0.941. The summed E-state index contributed by atoms with van der Waals surface area (Å²) in [6.45, 7) is 4.59. The number of unbranched alkanes of at least 4 members (excludes halogenated alkanes) is 22. The second-order valence-electron chi connectivity index (χ2n) is 11.7. The monoisotopic (exact) mass is 538 g/mol. The van der Waals surface area contributed by atoms with Gasteiger partial charge in [-0.3, -0.25) is 9.59 Å². The molecule has 4 nitrogen and oxygen atoms in total. The molecule has 0 aliphatic rings. The zero-order valence-corrected chi connectivity index (χ0v) is 25.8. The maximum Gasteiger partial charge on any atom is 0.220 e. The molecule has 0 aromatic rings. The topological polar surface area (TPSA) is 66.4 Å². The molecule has 0 saturated carbocycles. The summed E-state index contributed by atoms with van der Waals surface area (Å²) in [4.78, 5) is 25.2. The van der Waals surface area contributed by atoms with Gasteiger partial charge in [-0.25, -0.2) is 0 Å². The summed E-state index contributed by atoms with van der Waals surface area (Å²) < 4.78 is 0. The molecular formula is C34H67NO3. The van der Waals surface area contributed by atoms with Gasteiger partial charge in [0.15, 0.2) is 5.78 Å². The largest absolute Gasteiger partial charge is 0.396 e. The molecule has 1 unspecified atom stereocenters. The van der Waals surface area contributed by atoms with Crippen molar-refractivity contribution >= 4 is 11.7 Å². The first-order valence-corrected chi connectivity index (χ1v) is 17.1. The Hall–Kier alpha value is -0.900. The van der Waals surface area contributed by atoms with Crippen molar-refractivity contribution in [3.8, 4) is 0 Å². The molecule has 0 aromatic carbocycles. The number of carbonyl (C=O) groups excluding carboxylic acids is 2. The molecule has 0 spiro atoms. The van der Waals surface area contributed by atoms with Crippen LogP contribution in [0.25, 0.3) is 0 Å². The summed E-state index contributed by atoms with van der Waals surface area (Å²) in [5.74, 6) is 0.148. The minimum atomic E-state index is -0.417. The average molecular weight is 538 g/mol. The van der Waals surface area contributed by atoms with Crippen LogP contribution >= 0.6 is 0 Å². The molecule has 1 amide bonds. The third-order valence-corrected chi connectivity index (χ3v) is 7.91. The Labute approximate surface area is 237 Å². The first kappa shape index (κ1) is 37.1. The van der Waals surface area contributed by atoms with E-state index in [4.69, 9.17) is 0 Å². The van der Waals surface area contributed by atoms with Crippen LogP contribution in [0, 0.1) is 0 Å². The van der Waals surface area contributed by atoms with E-state index in [1.165, 1.54) is 128 Å². The van der Waals surface area contributed by atoms with Gasteiger partial charge < -0.3 is 10.4 Å². The van der Waals surface area contributed by atoms with Crippen LogP contribution in [-0.4, -0.2) is 29.4 Å². The second-order valence-corrected chi connectivity index (χ2v) is 11.7. The first-order chi connectivity index (χ1) is 18.7. The molecule has 4 heteroatoms. The van der Waals surface area contributed by atoms with E-state index in [1.807, 2.05) is 0 Å². The van der Waals surface area contributed by atoms with Gasteiger partial charge in [-0.15, -0.1) is 0 Å². The first-order valence-electron chi connectivity index (χ1n) is 17.1. The van der Waals surface area contributed by atoms with Gasteiger partial charge in [0.05, 0.1) is 6.04 Å². The molecule has 0 heterocycles. The number of Topliss-reactive ketones (excluding diaryl/α,β-unsaturated/α-hetero) is 1. The molecule has 0 saturated heterocycles. The smallest absolute Gasteiger partial charge is 0.220 e. The lowest BCUT2D eigenvalue weighted by molar-refractivity contribution is -0.128. The molecule has 0 bridgehead atoms. The van der Waals surface area contributed by atoms with Crippen LogP contribution in [-0.2, 0) is 9.59 Å². The Morgan fingerprint density at radius 2 is 0.842 bits per heavy atom. The minimum absolute atomic E-state index is 0.00284. The van der Waals surface area contributed by atoms with Crippen LogP contribution in [0.15, 0.2) is 0 Å². The average Bonchev–Trinajstić information content (AvgIpc) is 2.92. The highest BCUT2D eigenvalue weighted by molar-refractivity contribution is 5.88. The van der Waals surface area contributed by atoms with Crippen molar-refractivity contribution in [3.63, 3.8) is 0 Å². The van der Waals surface area contributed by atoms with Gasteiger partial charge in [-0.1, -0.05) is 155 Å². The number of aliphatic hydroxyl groups excluding tert-OH is 1. The Bertz CT molecular complexity index is 508. The van der Waals surface area contributed by atoms with Crippen molar-refractivity contribution in [3.05, 3.63) is 0 Å². The van der Waals surface area contributed by atoms with Gasteiger partial charge in [-0.05, 0) is 25.7 Å². The van der Waals surface area contributed by atoms with E-state index in [0.29, 0.717) is 25.7 Å². The lowest BCUT2D eigenvalue weighted by Crippen LogP contribution is -2.40. The molecule has 226 valence electrons. The molecule has 0 rings (SSSR count). The standard InChI is InChI=1S/C34H67NO3/c1-3-5-7-9-11-13-14-15-16-17-18-20-22-24-26-30-34(38)35-32(28-27-31-36)33(37)29-25-23-21-19-12-10-8-6-4-2/h32,36H,3-31H2,1-2H3,(H,35,38). The quantitative estimate of drug-likeness (QED) is 0.0864. The van der Waals surface area contributed by atoms with Crippen molar-refractivity contribution in [2.75, 3.05) is 6.61 Å². The Morgan fingerprint density at radius 1 is 0.500 bits per heavy atom. The maximum atomic E-state index is 12.7. The van der Waals surface area contributed by atoms with E-state index in [1.54, 1.807) is 0 Å². The Balaban J connectivity index is 3.75. The SMILES string of the molecule is CCCCCCCCCCCCCCCCCC(=O)NC(CCCO)C(=O)CCCCCCCCCCC. The number of aliphatic hydroxyl groups is 1. The Morgan fingerprint density at radius 3 is 1.21 bits per heavy atom. The maximum absolute atomic E-state index is 12.7. The van der Waals surface area contributed by atoms with Crippen molar-refractivity contribution in [1.82, 2.24) is 5.32 Å². The highest BCUT2D eigenvalue weighted by Gasteiger charge is 2.19. The summed E-state index contributed by atoms with van der Waals surface area (Å²) in [5, 5.41) is 12.2. The predicted molar refractivity (Wildman–Crippen MR) is 165 cm³/mol. The number of amides is 1. The van der Waals surface area contributed by atoms with E-state index in [-0.39, 0.29) is 18.3 Å². The normalized spacial score (nSPS) is 12.1. The molecule has 1 atom stereocenters. The lowest BCUT2D eigenvalue weighted by atomic mass is 10.00. The lowest BCUT2D eigenvalue weighted by Gasteiger charge is -2.17. The van der Waals surface area contributed by atoms with Crippen LogP contribution < -0.4 is 5.32 Å². The van der Waals surface area contributed by atoms with E-state index < -0.39 is 6.04 Å². The number of hydrogen-bond donors (Lipinski definition) is 2. The van der Waals surface area contributed by atoms with Crippen LogP contribution in [0.4, 0.5) is 0 Å². The van der Waals surface area contributed by atoms with Crippen LogP contribution in [0.2, 0.25) is 0 Å². The fourth-order valence-corrected chi connectivity index (χ4v) is 5.32. The number of nitrogens with one attached hydrogen (secondary N) is 1. The van der Waals surface area contributed by atoms with Crippen molar-refractivity contribution in [1.29, 1.82) is 0 Å². The third-order valence-electron chi connectivity index (χ3n) is 7.91. The van der Waals surface area contributed by atoms with Crippen molar-refractivity contribution in [2.45, 2.75) is 200 Å². The summed E-state index contributed by atoms with van der Waals surface area (Å²) in [6.07, 6.45) is 33.0. The zero-order valence-electron chi connectivity index (χ0n) is 25.8. The summed E-state index contributed by atoms with van der Waals surface area (Å²) in [7, 11) is 0. The minimum Gasteiger partial charge on any atom is -0.396 e. The number of hydrogen-bond acceptors (Lipinski definition) is 3. The van der Waals surface area contributed by atoms with Crippen LogP contribution in [0.3, 0.4) is 0 Å². The summed E-state index contributed by atoms with van der Waals surface area (Å²) in [5.41, 5.74) is 0. The van der Waals surface area contributed by atoms with Gasteiger partial charge in [-0.2, -0.15) is 0 Å². The molecule has 0 aliphatic heterocycles. The van der Waals surface area contributed by atoms with Crippen LogP contribution in [0.5, 0.6) is 0 Å². The van der Waals surface area contributed by atoms with E-state index in [0.717, 1.165) is 25.7 Å². The molecular weight excluding hydrogens is 470 g/mol. The molecule has 0 radical (unpaired) electrons. The summed E-state index contributed by atoms with van der Waals surface area (Å²) >= 11 is 0. The highest BCUT2D eigenvalue weighted by atomic mass is 16.3. The van der Waals surface area contributed by atoms with Crippen molar-refractivity contribution in [2.24, 2.45) is 0 Å². The van der Waals surface area contributed by atoms with Gasteiger partial charge in [0.2, 0.25) is 5.91 Å². The van der Waals surface area contributed by atoms with Gasteiger partial charge >= 0.3 is 0 Å². The molecule has 0 fully saturated rings. The number of rotatable bonds is 31. The van der Waals surface area contributed by atoms with Crippen molar-refractivity contribution < 1.29 is 14.7 Å². The molecule has 0 aliphatic carbocycles. The van der Waals surface area contributed by atoms with Gasteiger partial charge in [0, 0.05) is 19.4 Å². The summed E-state index contributed by atoms with van der Waals surface area (Å²) in [6, 6.07) is -0.417. The third kappa shape index (κ3) is 26.7. The predicted octanol–water partition coefficient (Wildman–Crippen LogP) is 10.00. The molecule has 38 heavy (non-hydrogen) atoms. The van der Waals surface area contributed by atoms with Crippen LogP contribution in [0.1, 0.15) is 194 Å². The highest BCUT2D eigenvalue weighted by Crippen LogP contribution is 2.15. The Kier molecular flexibility index (Phi) is 29.9. The van der Waals surface area contributed by atoms with Gasteiger partial charge in [0.1, 0.15) is 0 Å². The second kappa shape index (κ2) is 30.6. The number of carbonyl (C=O) groups is 2. The number of ketones is 1. The molecule has 0 aromatic heterocycles. The zero-order chi connectivity index (χ0) is 27.9.